The van der Waals surface area contributed by atoms with Crippen LogP contribution >= 0.6 is 0 Å². The van der Waals surface area contributed by atoms with Crippen LogP contribution in [0, 0.1) is 26.2 Å². The molecule has 0 saturated carbocycles. The van der Waals surface area contributed by atoms with Crippen LogP contribution in [0.25, 0.3) is 0 Å². The van der Waals surface area contributed by atoms with Crippen molar-refractivity contribution in [1.82, 2.24) is 0 Å². The molecule has 16 heavy (non-hydrogen) atoms. The minimum Gasteiger partial charge on any atom is -0.426 e. The van der Waals surface area contributed by atoms with E-state index in [0.717, 1.165) is 11.1 Å². The molecule has 88 valence electrons. The smallest absolute Gasteiger partial charge is 0.316 e. The van der Waals surface area contributed by atoms with E-state index in [-0.39, 0.29) is 5.97 Å². The quantitative estimate of drug-likeness (QED) is 0.534. The molecule has 0 aromatic heterocycles. The Labute approximate surface area is 97.6 Å². The first-order valence-electron chi connectivity index (χ1n) is 5.52. The molecule has 0 unspecified atom stereocenters. The van der Waals surface area contributed by atoms with Crippen molar-refractivity contribution in [1.29, 1.82) is 0 Å². The van der Waals surface area contributed by atoms with Gasteiger partial charge in [0.05, 0.1) is 5.41 Å². The van der Waals surface area contributed by atoms with Gasteiger partial charge in [0.2, 0.25) is 0 Å². The summed E-state index contributed by atoms with van der Waals surface area (Å²) < 4.78 is 5.46. The fourth-order valence-electron chi connectivity index (χ4n) is 1.57. The molecule has 1 aromatic rings. The Bertz CT molecular complexity index is 388. The Hall–Kier alpha value is -1.31. The van der Waals surface area contributed by atoms with Crippen LogP contribution in [0.2, 0.25) is 0 Å². The average molecular weight is 220 g/mol. The highest BCUT2D eigenvalue weighted by molar-refractivity contribution is 5.78. The first-order chi connectivity index (χ1) is 7.21. The predicted octanol–water partition coefficient (Wildman–Crippen LogP) is 3.56. The molecule has 0 amide bonds. The van der Waals surface area contributed by atoms with Gasteiger partial charge in [0.15, 0.2) is 0 Å². The van der Waals surface area contributed by atoms with E-state index in [1.165, 1.54) is 5.56 Å². The second kappa shape index (κ2) is 4.28. The zero-order valence-corrected chi connectivity index (χ0v) is 11.0. The molecule has 0 aliphatic heterocycles. The normalized spacial score (nSPS) is 11.4. The third-order valence-electron chi connectivity index (χ3n) is 2.41. The number of benzene rings is 1. The maximum Gasteiger partial charge on any atom is 0.316 e. The van der Waals surface area contributed by atoms with Crippen molar-refractivity contribution in [3.63, 3.8) is 0 Å². The van der Waals surface area contributed by atoms with Crippen LogP contribution in [0.15, 0.2) is 12.1 Å². The summed E-state index contributed by atoms with van der Waals surface area (Å²) in [6, 6.07) is 4.05. The topological polar surface area (TPSA) is 26.3 Å². The van der Waals surface area contributed by atoms with Crippen LogP contribution in [0.3, 0.4) is 0 Å². The van der Waals surface area contributed by atoms with E-state index in [9.17, 15) is 4.79 Å². The molecule has 0 saturated heterocycles. The van der Waals surface area contributed by atoms with Gasteiger partial charge in [-0.25, -0.2) is 0 Å². The van der Waals surface area contributed by atoms with Gasteiger partial charge in [0.25, 0.3) is 0 Å². The number of esters is 1. The van der Waals surface area contributed by atoms with Gasteiger partial charge in [-0.15, -0.1) is 0 Å². The van der Waals surface area contributed by atoms with Gasteiger partial charge in [-0.1, -0.05) is 17.7 Å². The number of rotatable bonds is 1. The van der Waals surface area contributed by atoms with Gasteiger partial charge >= 0.3 is 5.97 Å². The summed E-state index contributed by atoms with van der Waals surface area (Å²) in [6.45, 7) is 11.5. The van der Waals surface area contributed by atoms with Crippen LogP contribution in [0.4, 0.5) is 0 Å². The van der Waals surface area contributed by atoms with E-state index >= 15 is 0 Å². The van der Waals surface area contributed by atoms with Crippen LogP contribution in [-0.2, 0) is 4.79 Å². The minimum absolute atomic E-state index is 0.192. The number of carbonyl (C=O) groups excluding carboxylic acids is 1. The Kier molecular flexibility index (Phi) is 3.41. The molecule has 2 nitrogen and oxygen atoms in total. The van der Waals surface area contributed by atoms with Crippen molar-refractivity contribution < 1.29 is 9.53 Å². The fourth-order valence-corrected chi connectivity index (χ4v) is 1.57. The maximum absolute atomic E-state index is 11.8. The van der Waals surface area contributed by atoms with Gasteiger partial charge in [0.1, 0.15) is 5.75 Å². The highest BCUT2D eigenvalue weighted by atomic mass is 16.5. The van der Waals surface area contributed by atoms with E-state index in [2.05, 4.69) is 0 Å². The van der Waals surface area contributed by atoms with Crippen molar-refractivity contribution in [3.8, 4) is 5.75 Å². The Morgan fingerprint density at radius 1 is 1.06 bits per heavy atom. The first kappa shape index (κ1) is 12.8. The van der Waals surface area contributed by atoms with E-state index in [4.69, 9.17) is 4.74 Å². The molecule has 0 atom stereocenters. The van der Waals surface area contributed by atoms with E-state index < -0.39 is 5.41 Å². The van der Waals surface area contributed by atoms with Gasteiger partial charge < -0.3 is 4.74 Å². The number of hydrogen-bond acceptors (Lipinski definition) is 2. The minimum atomic E-state index is -0.468. The molecule has 1 rings (SSSR count). The standard InChI is InChI=1S/C14H20O2/c1-9-7-10(2)12(11(3)8-9)16-13(15)14(4,5)6/h7-8H,1-6H3. The average Bonchev–Trinajstić information content (AvgIpc) is 2.08. The highest BCUT2D eigenvalue weighted by Crippen LogP contribution is 2.27. The summed E-state index contributed by atoms with van der Waals surface area (Å²) in [6.07, 6.45) is 0. The van der Waals surface area contributed by atoms with Gasteiger partial charge in [-0.2, -0.15) is 0 Å². The monoisotopic (exact) mass is 220 g/mol. The second-order valence-electron chi connectivity index (χ2n) is 5.37. The Balaban J connectivity index is 3.03. The molecule has 0 heterocycles. The van der Waals surface area contributed by atoms with Crippen molar-refractivity contribution in [2.24, 2.45) is 5.41 Å². The highest BCUT2D eigenvalue weighted by Gasteiger charge is 2.24. The van der Waals surface area contributed by atoms with Gasteiger partial charge in [0, 0.05) is 0 Å². The molecule has 0 N–H and O–H groups in total. The van der Waals surface area contributed by atoms with E-state index in [1.54, 1.807) is 0 Å². The molecule has 0 radical (unpaired) electrons. The van der Waals surface area contributed by atoms with Gasteiger partial charge in [-0.3, -0.25) is 4.79 Å². The maximum atomic E-state index is 11.8. The van der Waals surface area contributed by atoms with E-state index in [0.29, 0.717) is 5.75 Å². The number of carbonyl (C=O) groups is 1. The van der Waals surface area contributed by atoms with Crippen LogP contribution in [0.5, 0.6) is 5.75 Å². The summed E-state index contributed by atoms with van der Waals surface area (Å²) in [7, 11) is 0. The van der Waals surface area contributed by atoms with Crippen molar-refractivity contribution in [3.05, 3.63) is 28.8 Å². The van der Waals surface area contributed by atoms with Crippen molar-refractivity contribution in [2.75, 3.05) is 0 Å². The Morgan fingerprint density at radius 3 is 1.88 bits per heavy atom. The molecule has 0 spiro atoms. The lowest BCUT2D eigenvalue weighted by molar-refractivity contribution is -0.143. The first-order valence-corrected chi connectivity index (χ1v) is 5.52. The zero-order chi connectivity index (χ0) is 12.5. The predicted molar refractivity (Wildman–Crippen MR) is 65.7 cm³/mol. The summed E-state index contributed by atoms with van der Waals surface area (Å²) >= 11 is 0. The number of aryl methyl sites for hydroxylation is 3. The van der Waals surface area contributed by atoms with Crippen molar-refractivity contribution >= 4 is 5.97 Å². The number of hydrogen-bond donors (Lipinski definition) is 0. The molecular weight excluding hydrogens is 200 g/mol. The summed E-state index contributed by atoms with van der Waals surface area (Å²) in [5.74, 6) is 0.507. The van der Waals surface area contributed by atoms with Gasteiger partial charge in [-0.05, 0) is 52.7 Å². The number of ether oxygens (including phenoxy) is 1. The SMILES string of the molecule is Cc1cc(C)c(OC(=O)C(C)(C)C)c(C)c1. The largest absolute Gasteiger partial charge is 0.426 e. The Morgan fingerprint density at radius 2 is 1.50 bits per heavy atom. The molecule has 0 fully saturated rings. The third kappa shape index (κ3) is 2.84. The molecule has 0 aliphatic rings. The lowest BCUT2D eigenvalue weighted by atomic mass is 9.97. The lowest BCUT2D eigenvalue weighted by Crippen LogP contribution is -2.26. The summed E-state index contributed by atoms with van der Waals surface area (Å²) in [5.41, 5.74) is 2.74. The van der Waals surface area contributed by atoms with Crippen molar-refractivity contribution in [2.45, 2.75) is 41.5 Å². The summed E-state index contributed by atoms with van der Waals surface area (Å²) in [5, 5.41) is 0. The molecule has 2 heteroatoms. The second-order valence-corrected chi connectivity index (χ2v) is 5.37. The fraction of sp³-hybridized carbons (Fsp3) is 0.500. The molecular formula is C14H20O2. The van der Waals surface area contributed by atoms with Crippen LogP contribution < -0.4 is 4.74 Å². The van der Waals surface area contributed by atoms with Crippen LogP contribution in [-0.4, -0.2) is 5.97 Å². The van der Waals surface area contributed by atoms with E-state index in [1.807, 2.05) is 53.7 Å². The molecule has 0 bridgehead atoms. The molecule has 1 aromatic carbocycles. The lowest BCUT2D eigenvalue weighted by Gasteiger charge is -2.19. The van der Waals surface area contributed by atoms with Crippen LogP contribution in [0.1, 0.15) is 37.5 Å². The zero-order valence-electron chi connectivity index (χ0n) is 11.0. The summed E-state index contributed by atoms with van der Waals surface area (Å²) in [4.78, 5) is 11.8. The molecule has 0 aliphatic carbocycles. The third-order valence-corrected chi connectivity index (χ3v) is 2.41.